The molecule has 0 aromatic heterocycles. The van der Waals surface area contributed by atoms with E-state index in [1.54, 1.807) is 13.0 Å². The Hall–Kier alpha value is -1.43. The third kappa shape index (κ3) is 5.77. The standard InChI is InChI=1S/C12H11F3O2S/c1-2-17-11(16)7-6-9-4-3-5-10(8-9)18-12(13,14)15/h3-8H,2H2,1H3. The summed E-state index contributed by atoms with van der Waals surface area (Å²) in [7, 11) is 0. The fourth-order valence-corrected chi connectivity index (χ4v) is 1.78. The SMILES string of the molecule is CCOC(=O)C=Cc1cccc(SC(F)(F)F)c1. The molecule has 0 radical (unpaired) electrons. The molecule has 0 bridgehead atoms. The highest BCUT2D eigenvalue weighted by Gasteiger charge is 2.29. The van der Waals surface area contributed by atoms with Crippen LogP contribution in [0.4, 0.5) is 13.2 Å². The summed E-state index contributed by atoms with van der Waals surface area (Å²) in [5.41, 5.74) is -3.80. The Morgan fingerprint density at radius 2 is 2.17 bits per heavy atom. The van der Waals surface area contributed by atoms with Crippen molar-refractivity contribution in [2.45, 2.75) is 17.3 Å². The summed E-state index contributed by atoms with van der Waals surface area (Å²) >= 11 is -0.191. The van der Waals surface area contributed by atoms with Crippen molar-refractivity contribution in [2.75, 3.05) is 6.61 Å². The van der Waals surface area contributed by atoms with Gasteiger partial charge in [-0.15, -0.1) is 0 Å². The normalized spacial score (nSPS) is 11.8. The summed E-state index contributed by atoms with van der Waals surface area (Å²) in [5.74, 6) is -0.522. The fourth-order valence-electron chi connectivity index (χ4n) is 1.17. The molecule has 0 spiro atoms. The molecule has 0 amide bonds. The summed E-state index contributed by atoms with van der Waals surface area (Å²) in [4.78, 5) is 11.1. The molecule has 1 rings (SSSR count). The highest BCUT2D eigenvalue weighted by molar-refractivity contribution is 8.00. The number of benzene rings is 1. The molecule has 0 saturated carbocycles. The number of carbonyl (C=O) groups is 1. The highest BCUT2D eigenvalue weighted by Crippen LogP contribution is 2.36. The molecule has 1 aromatic rings. The maximum Gasteiger partial charge on any atom is 0.446 e. The average molecular weight is 276 g/mol. The topological polar surface area (TPSA) is 26.3 Å². The zero-order valence-electron chi connectivity index (χ0n) is 9.53. The third-order valence-corrected chi connectivity index (χ3v) is 2.51. The van der Waals surface area contributed by atoms with Crippen LogP contribution in [0.2, 0.25) is 0 Å². The molecular weight excluding hydrogens is 265 g/mol. The van der Waals surface area contributed by atoms with E-state index < -0.39 is 11.5 Å². The van der Waals surface area contributed by atoms with Gasteiger partial charge in [0.15, 0.2) is 0 Å². The fraction of sp³-hybridized carbons (Fsp3) is 0.250. The zero-order valence-corrected chi connectivity index (χ0v) is 10.3. The van der Waals surface area contributed by atoms with Gasteiger partial charge in [0.25, 0.3) is 0 Å². The van der Waals surface area contributed by atoms with Gasteiger partial charge in [-0.1, -0.05) is 12.1 Å². The van der Waals surface area contributed by atoms with E-state index in [1.807, 2.05) is 0 Å². The second kappa shape index (κ2) is 6.49. The van der Waals surface area contributed by atoms with E-state index in [1.165, 1.54) is 30.4 Å². The molecule has 0 saturated heterocycles. The Bertz CT molecular complexity index is 441. The van der Waals surface area contributed by atoms with Gasteiger partial charge in [-0.2, -0.15) is 13.2 Å². The first-order valence-corrected chi connectivity index (χ1v) is 5.93. The van der Waals surface area contributed by atoms with Crippen LogP contribution in [0.25, 0.3) is 6.08 Å². The number of halogens is 3. The van der Waals surface area contributed by atoms with Gasteiger partial charge in [0.2, 0.25) is 0 Å². The van der Waals surface area contributed by atoms with Crippen LogP contribution in [-0.4, -0.2) is 18.1 Å². The van der Waals surface area contributed by atoms with Gasteiger partial charge in [-0.25, -0.2) is 4.79 Å². The van der Waals surface area contributed by atoms with E-state index in [2.05, 4.69) is 4.74 Å². The minimum atomic E-state index is -4.32. The van der Waals surface area contributed by atoms with Gasteiger partial charge >= 0.3 is 11.5 Å². The van der Waals surface area contributed by atoms with E-state index in [4.69, 9.17) is 0 Å². The largest absolute Gasteiger partial charge is 0.463 e. The van der Waals surface area contributed by atoms with E-state index in [9.17, 15) is 18.0 Å². The highest BCUT2D eigenvalue weighted by atomic mass is 32.2. The lowest BCUT2D eigenvalue weighted by Gasteiger charge is -2.05. The predicted octanol–water partition coefficient (Wildman–Crippen LogP) is 3.87. The second-order valence-electron chi connectivity index (χ2n) is 3.21. The molecule has 0 aliphatic rings. The molecule has 0 atom stereocenters. The van der Waals surface area contributed by atoms with Crippen molar-refractivity contribution < 1.29 is 22.7 Å². The summed E-state index contributed by atoms with van der Waals surface area (Å²) in [6, 6.07) is 5.82. The minimum Gasteiger partial charge on any atom is -0.463 e. The third-order valence-electron chi connectivity index (χ3n) is 1.79. The Kier molecular flexibility index (Phi) is 5.27. The van der Waals surface area contributed by atoms with E-state index in [0.717, 1.165) is 0 Å². The number of esters is 1. The van der Waals surface area contributed by atoms with E-state index in [-0.39, 0.29) is 23.3 Å². The molecule has 0 aliphatic heterocycles. The van der Waals surface area contributed by atoms with Crippen molar-refractivity contribution in [3.63, 3.8) is 0 Å². The zero-order chi connectivity index (χ0) is 13.6. The maximum atomic E-state index is 12.2. The lowest BCUT2D eigenvalue weighted by molar-refractivity contribution is -0.137. The number of ether oxygens (including phenoxy) is 1. The number of alkyl halides is 3. The van der Waals surface area contributed by atoms with Crippen molar-refractivity contribution in [1.29, 1.82) is 0 Å². The quantitative estimate of drug-likeness (QED) is 0.474. The smallest absolute Gasteiger partial charge is 0.446 e. The van der Waals surface area contributed by atoms with Crippen LogP contribution in [0, 0.1) is 0 Å². The van der Waals surface area contributed by atoms with E-state index >= 15 is 0 Å². The van der Waals surface area contributed by atoms with Crippen molar-refractivity contribution >= 4 is 23.8 Å². The van der Waals surface area contributed by atoms with Gasteiger partial charge in [-0.05, 0) is 42.5 Å². The Morgan fingerprint density at radius 3 is 2.78 bits per heavy atom. The molecule has 98 valence electrons. The molecular formula is C12H11F3O2S. The molecule has 0 fully saturated rings. The monoisotopic (exact) mass is 276 g/mol. The first-order valence-electron chi connectivity index (χ1n) is 5.11. The van der Waals surface area contributed by atoms with Gasteiger partial charge in [0.1, 0.15) is 0 Å². The first kappa shape index (κ1) is 14.6. The summed E-state index contributed by atoms with van der Waals surface area (Å²) < 4.78 is 41.1. The van der Waals surface area contributed by atoms with Crippen LogP contribution < -0.4 is 0 Å². The van der Waals surface area contributed by atoms with Crippen LogP contribution in [-0.2, 0) is 9.53 Å². The van der Waals surface area contributed by atoms with Crippen molar-refractivity contribution in [3.8, 4) is 0 Å². The Labute approximate surface area is 107 Å². The van der Waals surface area contributed by atoms with E-state index in [0.29, 0.717) is 5.56 Å². The van der Waals surface area contributed by atoms with Crippen LogP contribution in [0.1, 0.15) is 12.5 Å². The van der Waals surface area contributed by atoms with Crippen LogP contribution in [0.5, 0.6) is 0 Å². The number of hydrogen-bond donors (Lipinski definition) is 0. The molecule has 18 heavy (non-hydrogen) atoms. The molecule has 0 heterocycles. The van der Waals surface area contributed by atoms with Gasteiger partial charge in [0.05, 0.1) is 6.61 Å². The number of rotatable bonds is 4. The van der Waals surface area contributed by atoms with Crippen molar-refractivity contribution in [1.82, 2.24) is 0 Å². The number of hydrogen-bond acceptors (Lipinski definition) is 3. The minimum absolute atomic E-state index is 0.0773. The van der Waals surface area contributed by atoms with Gasteiger partial charge in [-0.3, -0.25) is 0 Å². The first-order chi connectivity index (χ1) is 8.40. The molecule has 6 heteroatoms. The van der Waals surface area contributed by atoms with Crippen LogP contribution >= 0.6 is 11.8 Å². The van der Waals surface area contributed by atoms with Gasteiger partial charge in [0, 0.05) is 11.0 Å². The average Bonchev–Trinajstić information content (AvgIpc) is 2.25. The number of carbonyl (C=O) groups excluding carboxylic acids is 1. The van der Waals surface area contributed by atoms with Crippen molar-refractivity contribution in [2.24, 2.45) is 0 Å². The summed E-state index contributed by atoms with van der Waals surface area (Å²) in [6.45, 7) is 1.93. The molecule has 2 nitrogen and oxygen atoms in total. The van der Waals surface area contributed by atoms with Crippen LogP contribution in [0.3, 0.4) is 0 Å². The molecule has 0 N–H and O–H groups in total. The summed E-state index contributed by atoms with van der Waals surface area (Å²) in [5, 5.41) is 0. The lowest BCUT2D eigenvalue weighted by Crippen LogP contribution is -1.99. The molecule has 1 aromatic carbocycles. The summed E-state index contributed by atoms with van der Waals surface area (Å²) in [6.07, 6.45) is 2.60. The Morgan fingerprint density at radius 1 is 1.44 bits per heavy atom. The maximum absolute atomic E-state index is 12.2. The second-order valence-corrected chi connectivity index (χ2v) is 4.34. The molecule has 0 aliphatic carbocycles. The van der Waals surface area contributed by atoms with Crippen molar-refractivity contribution in [3.05, 3.63) is 35.9 Å². The number of thioether (sulfide) groups is 1. The predicted molar refractivity (Wildman–Crippen MR) is 64.0 cm³/mol. The molecule has 0 unspecified atom stereocenters. The van der Waals surface area contributed by atoms with Gasteiger partial charge < -0.3 is 4.74 Å². The Balaban J connectivity index is 2.73. The van der Waals surface area contributed by atoms with Crippen LogP contribution in [0.15, 0.2) is 35.2 Å². The lowest BCUT2D eigenvalue weighted by atomic mass is 10.2.